The summed E-state index contributed by atoms with van der Waals surface area (Å²) in [5.41, 5.74) is 3.55. The molecular formula is C14H24O2. The lowest BCUT2D eigenvalue weighted by molar-refractivity contribution is -0.124. The summed E-state index contributed by atoms with van der Waals surface area (Å²) in [5, 5.41) is 0. The van der Waals surface area contributed by atoms with Crippen molar-refractivity contribution in [2.45, 2.75) is 40.9 Å². The minimum Gasteiger partial charge on any atom is -0.352 e. The Hall–Kier alpha value is -0.860. The van der Waals surface area contributed by atoms with Crippen LogP contribution in [0.25, 0.3) is 0 Å². The van der Waals surface area contributed by atoms with Crippen LogP contribution in [0, 0.1) is 13.8 Å². The molecule has 0 amide bonds. The lowest BCUT2D eigenvalue weighted by Crippen LogP contribution is -2.08. The van der Waals surface area contributed by atoms with Crippen molar-refractivity contribution < 1.29 is 9.47 Å². The predicted molar refractivity (Wildman–Crippen MR) is 68.6 cm³/mol. The van der Waals surface area contributed by atoms with Gasteiger partial charge in [0.15, 0.2) is 6.29 Å². The van der Waals surface area contributed by atoms with Gasteiger partial charge in [-0.15, -0.1) is 0 Å². The van der Waals surface area contributed by atoms with Crippen LogP contribution < -0.4 is 0 Å². The maximum atomic E-state index is 5.49. The number of methoxy groups -OCH3 is 1. The third kappa shape index (κ3) is 4.33. The molecule has 0 spiro atoms. The zero-order valence-corrected chi connectivity index (χ0v) is 11.3. The molecule has 0 radical (unpaired) electrons. The Morgan fingerprint density at radius 2 is 1.81 bits per heavy atom. The molecule has 1 unspecified atom stereocenters. The zero-order chi connectivity index (χ0) is 12.6. The quantitative estimate of drug-likeness (QED) is 0.719. The fourth-order valence-corrected chi connectivity index (χ4v) is 1.45. The Bertz CT molecular complexity index is 295. The van der Waals surface area contributed by atoms with Gasteiger partial charge in [-0.1, -0.05) is 37.6 Å². The van der Waals surface area contributed by atoms with Gasteiger partial charge in [0.25, 0.3) is 0 Å². The summed E-state index contributed by atoms with van der Waals surface area (Å²) < 4.78 is 10.8. The van der Waals surface area contributed by atoms with Gasteiger partial charge in [0.05, 0.1) is 0 Å². The SMILES string of the molecule is CC.CCOC(OC)c1cc(C)ccc1C. The lowest BCUT2D eigenvalue weighted by atomic mass is 10.1. The molecule has 0 heterocycles. The molecule has 0 N–H and O–H groups in total. The third-order valence-electron chi connectivity index (χ3n) is 2.22. The van der Waals surface area contributed by atoms with E-state index < -0.39 is 0 Å². The van der Waals surface area contributed by atoms with Gasteiger partial charge in [-0.3, -0.25) is 0 Å². The lowest BCUT2D eigenvalue weighted by Gasteiger charge is -2.18. The highest BCUT2D eigenvalue weighted by Gasteiger charge is 2.12. The van der Waals surface area contributed by atoms with Gasteiger partial charge >= 0.3 is 0 Å². The first-order chi connectivity index (χ1) is 7.69. The molecule has 0 aliphatic rings. The third-order valence-corrected chi connectivity index (χ3v) is 2.22. The Labute approximate surface area is 99.6 Å². The molecule has 16 heavy (non-hydrogen) atoms. The van der Waals surface area contributed by atoms with Crippen LogP contribution in [0.4, 0.5) is 0 Å². The molecule has 0 aliphatic carbocycles. The van der Waals surface area contributed by atoms with Crippen LogP contribution in [-0.4, -0.2) is 13.7 Å². The summed E-state index contributed by atoms with van der Waals surface area (Å²) in [6, 6.07) is 6.30. The molecule has 2 heteroatoms. The summed E-state index contributed by atoms with van der Waals surface area (Å²) in [5.74, 6) is 0. The van der Waals surface area contributed by atoms with Crippen LogP contribution >= 0.6 is 0 Å². The molecule has 0 bridgehead atoms. The molecule has 0 aliphatic heterocycles. The smallest absolute Gasteiger partial charge is 0.183 e. The van der Waals surface area contributed by atoms with Crippen LogP contribution in [0.15, 0.2) is 18.2 Å². The van der Waals surface area contributed by atoms with E-state index in [4.69, 9.17) is 9.47 Å². The highest BCUT2D eigenvalue weighted by atomic mass is 16.7. The second-order valence-corrected chi connectivity index (χ2v) is 3.38. The average Bonchev–Trinajstić information content (AvgIpc) is 2.32. The molecular weight excluding hydrogens is 200 g/mol. The maximum Gasteiger partial charge on any atom is 0.183 e. The van der Waals surface area contributed by atoms with Crippen LogP contribution in [0.1, 0.15) is 43.8 Å². The normalized spacial score (nSPS) is 11.6. The summed E-state index contributed by atoms with van der Waals surface area (Å²) in [7, 11) is 1.67. The molecule has 1 aromatic rings. The fraction of sp³-hybridized carbons (Fsp3) is 0.571. The van der Waals surface area contributed by atoms with Crippen LogP contribution in [-0.2, 0) is 9.47 Å². The van der Waals surface area contributed by atoms with E-state index in [1.165, 1.54) is 11.1 Å². The minimum absolute atomic E-state index is 0.236. The number of rotatable bonds is 4. The molecule has 0 fully saturated rings. The van der Waals surface area contributed by atoms with Gasteiger partial charge in [0.2, 0.25) is 0 Å². The van der Waals surface area contributed by atoms with Crippen LogP contribution in [0.2, 0.25) is 0 Å². The Kier molecular flexibility index (Phi) is 7.86. The van der Waals surface area contributed by atoms with Crippen molar-refractivity contribution in [2.24, 2.45) is 0 Å². The molecule has 0 saturated carbocycles. The van der Waals surface area contributed by atoms with Gasteiger partial charge in [0, 0.05) is 19.3 Å². The number of aryl methyl sites for hydroxylation is 2. The first kappa shape index (κ1) is 15.1. The van der Waals surface area contributed by atoms with Crippen molar-refractivity contribution in [1.29, 1.82) is 0 Å². The summed E-state index contributed by atoms with van der Waals surface area (Å²) in [4.78, 5) is 0. The van der Waals surface area contributed by atoms with E-state index in [0.717, 1.165) is 5.56 Å². The van der Waals surface area contributed by atoms with Crippen molar-refractivity contribution in [2.75, 3.05) is 13.7 Å². The molecule has 92 valence electrons. The van der Waals surface area contributed by atoms with Gasteiger partial charge < -0.3 is 9.47 Å². The van der Waals surface area contributed by atoms with Crippen molar-refractivity contribution in [3.05, 3.63) is 34.9 Å². The van der Waals surface area contributed by atoms with E-state index in [1.54, 1.807) is 7.11 Å². The first-order valence-electron chi connectivity index (χ1n) is 5.90. The molecule has 2 nitrogen and oxygen atoms in total. The summed E-state index contributed by atoms with van der Waals surface area (Å²) in [6.45, 7) is 10.8. The summed E-state index contributed by atoms with van der Waals surface area (Å²) >= 11 is 0. The molecule has 0 saturated heterocycles. The van der Waals surface area contributed by atoms with Crippen molar-refractivity contribution >= 4 is 0 Å². The van der Waals surface area contributed by atoms with E-state index in [1.807, 2.05) is 20.8 Å². The Balaban J connectivity index is 0.00000106. The van der Waals surface area contributed by atoms with Crippen LogP contribution in [0.5, 0.6) is 0 Å². The largest absolute Gasteiger partial charge is 0.352 e. The standard InChI is InChI=1S/C12H18O2.C2H6/c1-5-14-12(13-4)11-8-9(2)6-7-10(11)3;1-2/h6-8,12H,5H2,1-4H3;1-2H3. The molecule has 0 aromatic heterocycles. The van der Waals surface area contributed by atoms with Crippen molar-refractivity contribution in [1.82, 2.24) is 0 Å². The topological polar surface area (TPSA) is 18.5 Å². The Morgan fingerprint density at radius 1 is 1.19 bits per heavy atom. The average molecular weight is 224 g/mol. The van der Waals surface area contributed by atoms with Crippen molar-refractivity contribution in [3.8, 4) is 0 Å². The number of hydrogen-bond donors (Lipinski definition) is 0. The molecule has 1 atom stereocenters. The van der Waals surface area contributed by atoms with Gasteiger partial charge in [-0.05, 0) is 26.3 Å². The fourth-order valence-electron chi connectivity index (χ4n) is 1.45. The maximum absolute atomic E-state index is 5.49. The second-order valence-electron chi connectivity index (χ2n) is 3.38. The van der Waals surface area contributed by atoms with E-state index in [0.29, 0.717) is 6.61 Å². The number of benzene rings is 1. The monoisotopic (exact) mass is 224 g/mol. The van der Waals surface area contributed by atoms with E-state index in [2.05, 4.69) is 32.0 Å². The first-order valence-corrected chi connectivity index (χ1v) is 5.90. The predicted octanol–water partition coefficient (Wildman–Crippen LogP) is 4.01. The number of ether oxygens (including phenoxy) is 2. The number of hydrogen-bond acceptors (Lipinski definition) is 2. The summed E-state index contributed by atoms with van der Waals surface area (Å²) in [6.07, 6.45) is -0.236. The van der Waals surface area contributed by atoms with Gasteiger partial charge in [-0.25, -0.2) is 0 Å². The molecule has 1 aromatic carbocycles. The van der Waals surface area contributed by atoms with Gasteiger partial charge in [0.1, 0.15) is 0 Å². The Morgan fingerprint density at radius 3 is 2.31 bits per heavy atom. The highest BCUT2D eigenvalue weighted by Crippen LogP contribution is 2.22. The van der Waals surface area contributed by atoms with Gasteiger partial charge in [-0.2, -0.15) is 0 Å². The second kappa shape index (κ2) is 8.31. The van der Waals surface area contributed by atoms with Crippen molar-refractivity contribution in [3.63, 3.8) is 0 Å². The van der Waals surface area contributed by atoms with E-state index in [-0.39, 0.29) is 6.29 Å². The van der Waals surface area contributed by atoms with E-state index >= 15 is 0 Å². The zero-order valence-electron chi connectivity index (χ0n) is 11.3. The van der Waals surface area contributed by atoms with Crippen LogP contribution in [0.3, 0.4) is 0 Å². The molecule has 1 rings (SSSR count). The van der Waals surface area contributed by atoms with E-state index in [9.17, 15) is 0 Å². The minimum atomic E-state index is -0.236. The highest BCUT2D eigenvalue weighted by molar-refractivity contribution is 5.31.